The van der Waals surface area contributed by atoms with E-state index in [0.717, 1.165) is 109 Å². The zero-order valence-corrected chi connectivity index (χ0v) is 49.3. The van der Waals surface area contributed by atoms with Gasteiger partial charge in [-0.1, -0.05) is 106 Å². The molecule has 82 heavy (non-hydrogen) atoms. The molecule has 7 heterocycles. The minimum Gasteiger partial charge on any atom is -0.496 e. The molecule has 0 atom stereocenters. The number of hydrogen-bond acceptors (Lipinski definition) is 10. The fourth-order valence-corrected chi connectivity index (χ4v) is 13.4. The topological polar surface area (TPSA) is 188 Å². The number of aryl methyl sites for hydroxylation is 2. The minimum atomic E-state index is -0.990. The maximum Gasteiger partial charge on any atom is 0.261 e. The Bertz CT molecular complexity index is 4160. The second kappa shape index (κ2) is 22.9. The number of aromatic nitrogens is 6. The van der Waals surface area contributed by atoms with Gasteiger partial charge in [-0.25, -0.2) is 9.97 Å². The molecule has 0 spiro atoms. The van der Waals surface area contributed by atoms with Crippen molar-refractivity contribution >= 4 is 66.9 Å². The molecule has 3 aliphatic rings. The Balaban J connectivity index is 1.25. The molecule has 0 saturated carbocycles. The summed E-state index contributed by atoms with van der Waals surface area (Å²) in [5, 5.41) is 0.522. The highest BCUT2D eigenvalue weighted by molar-refractivity contribution is 6.09. The van der Waals surface area contributed by atoms with Gasteiger partial charge in [-0.15, -0.1) is 0 Å². The molecule has 3 aromatic carbocycles. The van der Waals surface area contributed by atoms with Crippen molar-refractivity contribution in [1.82, 2.24) is 29.1 Å². The normalized spacial score (nSPS) is 13.8. The number of carbonyl (C=O) groups excluding carboxylic acids is 2. The summed E-state index contributed by atoms with van der Waals surface area (Å²) in [5.41, 5.74) is 13.5. The first kappa shape index (κ1) is 57.0. The number of hydrogen-bond donors (Lipinski definition) is 2. The van der Waals surface area contributed by atoms with E-state index in [9.17, 15) is 24.0 Å². The smallest absolute Gasteiger partial charge is 0.261 e. The highest BCUT2D eigenvalue weighted by Gasteiger charge is 2.46. The summed E-state index contributed by atoms with van der Waals surface area (Å²) >= 11 is 0. The number of methoxy groups -OCH3 is 2. The van der Waals surface area contributed by atoms with Crippen molar-refractivity contribution in [3.63, 3.8) is 0 Å². The molecule has 7 aromatic rings. The number of ketones is 1. The van der Waals surface area contributed by atoms with Crippen LogP contribution in [0.5, 0.6) is 11.5 Å². The lowest BCUT2D eigenvalue weighted by Crippen LogP contribution is -2.31. The molecule has 0 amide bonds. The summed E-state index contributed by atoms with van der Waals surface area (Å²) in [5.74, 6) is 0.869. The van der Waals surface area contributed by atoms with Crippen LogP contribution in [0.4, 0.5) is 0 Å². The Morgan fingerprint density at radius 3 is 1.56 bits per heavy atom. The summed E-state index contributed by atoms with van der Waals surface area (Å²) in [6.45, 7) is 19.3. The second-order valence-electron chi connectivity index (χ2n) is 21.7. The number of ether oxygens (including phenoxy) is 2. The summed E-state index contributed by atoms with van der Waals surface area (Å²) in [6, 6.07) is 18.2. The van der Waals surface area contributed by atoms with Crippen molar-refractivity contribution in [3.8, 4) is 33.8 Å². The van der Waals surface area contributed by atoms with Crippen LogP contribution in [0, 0.1) is 0 Å². The quantitative estimate of drug-likeness (QED) is 0.0549. The van der Waals surface area contributed by atoms with Crippen LogP contribution in [-0.2, 0) is 31.3 Å². The zero-order chi connectivity index (χ0) is 58.5. The lowest BCUT2D eigenvalue weighted by atomic mass is 9.73. The van der Waals surface area contributed by atoms with E-state index in [1.807, 2.05) is 30.3 Å². The number of Topliss-reactive ketones (excluding diaryl/α,β-unsaturated/α-hetero) is 1. The van der Waals surface area contributed by atoms with Gasteiger partial charge in [0.2, 0.25) is 0 Å². The molecule has 0 radical (unpaired) electrons. The number of nitrogens with zero attached hydrogens (tertiary/aromatic N) is 4. The lowest BCUT2D eigenvalue weighted by molar-refractivity contribution is 0.0885. The van der Waals surface area contributed by atoms with Crippen LogP contribution in [0.15, 0.2) is 79.8 Å². The van der Waals surface area contributed by atoms with Crippen molar-refractivity contribution < 1.29 is 19.1 Å². The predicted octanol–water partition coefficient (Wildman–Crippen LogP) is 13.6. The molecule has 0 unspecified atom stereocenters. The summed E-state index contributed by atoms with van der Waals surface area (Å²) in [7, 11) is 3.19. The second-order valence-corrected chi connectivity index (χ2v) is 21.7. The number of H-pyrrole nitrogens is 2. The Labute approximate surface area is 477 Å². The maximum absolute atomic E-state index is 15.6. The van der Waals surface area contributed by atoms with E-state index < -0.39 is 27.7 Å². The Hall–Kier alpha value is -8.26. The zero-order valence-electron chi connectivity index (χ0n) is 49.3. The van der Waals surface area contributed by atoms with E-state index in [1.54, 1.807) is 26.4 Å². The van der Waals surface area contributed by atoms with Gasteiger partial charge in [0.1, 0.15) is 17.8 Å². The fourth-order valence-electron chi connectivity index (χ4n) is 13.4. The summed E-state index contributed by atoms with van der Waals surface area (Å²) in [4.78, 5) is 102. The van der Waals surface area contributed by atoms with Gasteiger partial charge in [-0.05, 0) is 139 Å². The molecule has 424 valence electrons. The largest absolute Gasteiger partial charge is 0.496 e. The van der Waals surface area contributed by atoms with Crippen molar-refractivity contribution in [2.24, 2.45) is 0 Å². The van der Waals surface area contributed by atoms with E-state index in [-0.39, 0.29) is 40.4 Å². The van der Waals surface area contributed by atoms with Gasteiger partial charge in [0.25, 0.3) is 22.2 Å². The molecule has 8 bridgehead atoms. The van der Waals surface area contributed by atoms with Crippen molar-refractivity contribution in [2.45, 2.75) is 158 Å². The Kier molecular flexibility index (Phi) is 15.9. The number of aldehydes is 1. The molecule has 4 aromatic heterocycles. The lowest BCUT2D eigenvalue weighted by Gasteiger charge is -2.27. The molecule has 14 heteroatoms. The Morgan fingerprint density at radius 1 is 0.549 bits per heavy atom. The van der Waals surface area contributed by atoms with Crippen LogP contribution >= 0.6 is 0 Å². The number of allylic oxidation sites excluding steroid dienone is 4. The Morgan fingerprint density at radius 2 is 1.07 bits per heavy atom. The first-order valence-corrected chi connectivity index (χ1v) is 29.5. The molecule has 0 fully saturated rings. The number of carbonyl (C=O) groups is 2. The van der Waals surface area contributed by atoms with Gasteiger partial charge in [0.05, 0.1) is 87.3 Å². The van der Waals surface area contributed by atoms with E-state index in [1.165, 1.54) is 21.3 Å². The van der Waals surface area contributed by atoms with Crippen molar-refractivity contribution in [1.29, 1.82) is 0 Å². The van der Waals surface area contributed by atoms with Crippen LogP contribution in [0.2, 0.25) is 0 Å². The van der Waals surface area contributed by atoms with Crippen LogP contribution in [0.25, 0.3) is 77.1 Å². The number of benzene rings is 3. The van der Waals surface area contributed by atoms with Crippen LogP contribution < -0.4 is 31.7 Å². The molecular weight excluding hydrogens is 1030 g/mol. The number of rotatable bonds is 20. The van der Waals surface area contributed by atoms with Gasteiger partial charge in [-0.3, -0.25) is 37.9 Å². The highest BCUT2D eigenvalue weighted by Crippen LogP contribution is 2.51. The molecule has 3 aliphatic heterocycles. The van der Waals surface area contributed by atoms with Gasteiger partial charge < -0.3 is 19.4 Å². The molecule has 2 N–H and O–H groups in total. The number of nitrogens with one attached hydrogen (secondary N) is 2. The third-order valence-corrected chi connectivity index (χ3v) is 17.7. The molecule has 10 rings (SSSR count). The average Bonchev–Trinajstić information content (AvgIpc) is 3.49. The van der Waals surface area contributed by atoms with Crippen LogP contribution in [-0.4, -0.2) is 55.4 Å². The number of fused-ring (bicyclic) bond motifs is 10. The SMILES string of the molecule is CCCCCCn1c(=O)c2cc3c(=O)n(Cc4ccc(-c5c6nc(cc7[nH]c(c(CC)c7CC)c(-c7c(OC)cc(C=O)cc7OC)c7nc(cc8[nH]c5C(CC)(CC)C8=O)C(CC)=C7CC)C(CC)=C6CC)cc4)c(=O)c3cc2c1=O. The van der Waals surface area contributed by atoms with Crippen molar-refractivity contribution in [3.05, 3.63) is 158 Å². The van der Waals surface area contributed by atoms with Gasteiger partial charge in [-0.2, -0.15) is 0 Å². The predicted molar refractivity (Wildman–Crippen MR) is 330 cm³/mol. The summed E-state index contributed by atoms with van der Waals surface area (Å²) < 4.78 is 14.7. The molecule has 0 aliphatic carbocycles. The van der Waals surface area contributed by atoms with E-state index in [0.29, 0.717) is 97.4 Å². The molecule has 0 saturated heterocycles. The highest BCUT2D eigenvalue weighted by atomic mass is 16.5. The molecule has 14 nitrogen and oxygen atoms in total. The third kappa shape index (κ3) is 9.00. The summed E-state index contributed by atoms with van der Waals surface area (Å²) in [6.07, 6.45) is 9.35. The maximum atomic E-state index is 15.6. The van der Waals surface area contributed by atoms with Gasteiger partial charge in [0, 0.05) is 34.4 Å². The van der Waals surface area contributed by atoms with Crippen LogP contribution in [0.3, 0.4) is 0 Å². The standard InChI is InChI=1S/C68H74N6O8/c1-12-21-22-23-28-73-64(77)46-31-48-49(32-47(46)65(73)78)67(80)74(66(48)79)35-37-24-26-39(27-25-37)56-59-43(16-5)40(13-2)50(69-59)33-51-41(14-3)44(17-6)60(70-51)58(57-54(81-10)29-38(36-75)30-55(57)82-11)61-45(18-7)42(15-4)52(71-61)34-53-63(76)68(19-8,20-9)62(56)72-53/h24-27,29-34,36,70,72H,12-23,28,35H2,1-11H3. The van der Waals surface area contributed by atoms with Crippen LogP contribution in [0.1, 0.15) is 193 Å². The van der Waals surface area contributed by atoms with Gasteiger partial charge >= 0.3 is 0 Å². The molecular formula is C68H74N6O8. The average molecular weight is 1100 g/mol. The fraction of sp³-hybridized carbons (Fsp3) is 0.382. The number of unbranched alkanes of at least 4 members (excludes halogenated alkanes) is 3. The van der Waals surface area contributed by atoms with E-state index in [4.69, 9.17) is 19.4 Å². The monoisotopic (exact) mass is 1100 g/mol. The first-order chi connectivity index (χ1) is 39.7. The van der Waals surface area contributed by atoms with E-state index >= 15 is 4.79 Å². The van der Waals surface area contributed by atoms with E-state index in [2.05, 4.69) is 78.3 Å². The van der Waals surface area contributed by atoms with Crippen molar-refractivity contribution in [2.75, 3.05) is 14.2 Å². The number of aromatic amines is 2. The minimum absolute atomic E-state index is 0.0470. The van der Waals surface area contributed by atoms with Gasteiger partial charge in [0.15, 0.2) is 5.78 Å². The first-order valence-electron chi connectivity index (χ1n) is 29.5. The third-order valence-electron chi connectivity index (χ3n) is 17.7.